The Hall–Kier alpha value is -9.81. The minimum absolute atomic E-state index is 0.00327. The van der Waals surface area contributed by atoms with Gasteiger partial charge in [0.25, 0.3) is 0 Å². The molecule has 2 saturated carbocycles. The molecule has 10 rings (SSSR count). The lowest BCUT2D eigenvalue weighted by Gasteiger charge is -2.56. The summed E-state index contributed by atoms with van der Waals surface area (Å²) < 4.78 is 11.2. The number of primary amides is 1. The number of nitrogens with zero attached hydrogens (tertiary/aromatic N) is 1. The van der Waals surface area contributed by atoms with Gasteiger partial charge in [-0.05, 0) is 181 Å². The van der Waals surface area contributed by atoms with E-state index in [1.807, 2.05) is 72.8 Å². The van der Waals surface area contributed by atoms with Crippen LogP contribution in [0.3, 0.4) is 0 Å². The van der Waals surface area contributed by atoms with E-state index < -0.39 is 76.4 Å². The van der Waals surface area contributed by atoms with Gasteiger partial charge in [0.2, 0.25) is 17.7 Å². The standard InChI is InChI=1S/C85H103N7O14/c1-53(2)78(91-75(98)37-44-105-43-12-19-64(93)33-36-76(99)92-51-61-17-8-7-15-56(61)25-26-59-16-9-10-20-68(59)92)70(95)47-60(18-11-42-88-80(87)103)79(102)89-63-31-22-54(23-32-63)52-106-81(104)90-67(49-77(100)101)69(94)46-55-21-24-57-28-34-71-82(3,65(57)45-55)38-13-40-84(71,5)73(96)50-74(97)85(6)41-14-39-83(4)66-48-62(86)30-27-58(66)29-35-72(83)85/h7-10,15-17,20-24,27,30-32,45,48,53,60,67,71-72,78H,11-14,18-19,28-29,33-44,46-47,49-52,86H2,1-6H3,(H,89,102)(H,90,104)(H,91,98)(H,100,101)(H3,87,88,103)/t60-,67+,71-,72-,78+,82-,83-,84+,85+/m1/s1. The van der Waals surface area contributed by atoms with E-state index >= 15 is 0 Å². The van der Waals surface area contributed by atoms with E-state index in [1.165, 1.54) is 11.1 Å². The average Bonchev–Trinajstić information content (AvgIpc) is 0.725. The molecule has 0 saturated heterocycles. The molecule has 0 spiro atoms. The number of hydrogen-bond donors (Lipinski definition) is 7. The van der Waals surface area contributed by atoms with Crippen molar-refractivity contribution in [3.8, 4) is 11.8 Å². The van der Waals surface area contributed by atoms with Crippen LogP contribution in [0, 0.1) is 46.3 Å². The molecular formula is C85H103N7O14. The number of urea groups is 1. The average molecular weight is 1450 g/mol. The van der Waals surface area contributed by atoms with E-state index in [0.717, 1.165) is 84.9 Å². The first-order valence-corrected chi connectivity index (χ1v) is 37.7. The summed E-state index contributed by atoms with van der Waals surface area (Å²) in [5.41, 5.74) is 19.6. The maximum absolute atomic E-state index is 15.0. The van der Waals surface area contributed by atoms with Crippen LogP contribution in [0.25, 0.3) is 0 Å². The predicted octanol–water partition coefficient (Wildman–Crippen LogP) is 12.0. The van der Waals surface area contributed by atoms with Crippen LogP contribution in [-0.4, -0.2) is 102 Å². The quantitative estimate of drug-likeness (QED) is 0.00888. The van der Waals surface area contributed by atoms with Gasteiger partial charge in [-0.2, -0.15) is 0 Å². The molecule has 0 bridgehead atoms. The zero-order valence-corrected chi connectivity index (χ0v) is 62.1. The van der Waals surface area contributed by atoms with Gasteiger partial charge in [0.05, 0.1) is 37.7 Å². The lowest BCUT2D eigenvalue weighted by Crippen LogP contribution is -2.55. The fourth-order valence-corrected chi connectivity index (χ4v) is 17.8. The number of nitrogen functional groups attached to an aromatic ring is 1. The molecule has 2 fully saturated rings. The first-order chi connectivity index (χ1) is 50.6. The van der Waals surface area contributed by atoms with Crippen LogP contribution < -0.4 is 37.6 Å². The summed E-state index contributed by atoms with van der Waals surface area (Å²) in [6, 6.07) is 30.4. The second-order valence-electron chi connectivity index (χ2n) is 31.2. The number of anilines is 3. The Labute approximate surface area is 621 Å². The smallest absolute Gasteiger partial charge is 0.408 e. The molecule has 0 unspecified atom stereocenters. The monoisotopic (exact) mass is 1450 g/mol. The minimum Gasteiger partial charge on any atom is -0.481 e. The fourth-order valence-electron chi connectivity index (χ4n) is 17.8. The lowest BCUT2D eigenvalue weighted by atomic mass is 9.47. The molecule has 5 aromatic carbocycles. The van der Waals surface area contributed by atoms with Crippen LogP contribution in [0.15, 0.2) is 109 Å². The van der Waals surface area contributed by atoms with Gasteiger partial charge in [-0.15, -0.1) is 0 Å². The number of carboxylic acids is 1. The number of carbonyl (C=O) groups is 11. The minimum atomic E-state index is -1.44. The van der Waals surface area contributed by atoms with Gasteiger partial charge in [-0.1, -0.05) is 133 Å². The third-order valence-electron chi connectivity index (χ3n) is 23.6. The normalized spacial score (nSPS) is 21.9. The highest BCUT2D eigenvalue weighted by Crippen LogP contribution is 2.61. The summed E-state index contributed by atoms with van der Waals surface area (Å²) in [6.45, 7) is 12.6. The molecule has 0 radical (unpaired) electrons. The highest BCUT2D eigenvalue weighted by Gasteiger charge is 2.58. The Morgan fingerprint density at radius 3 is 1.93 bits per heavy atom. The number of nitrogens with two attached hydrogens (primary N) is 2. The molecule has 21 heteroatoms. The number of amides is 6. The molecule has 4 aliphatic carbocycles. The largest absolute Gasteiger partial charge is 0.481 e. The predicted molar refractivity (Wildman–Crippen MR) is 403 cm³/mol. The van der Waals surface area contributed by atoms with Crippen molar-refractivity contribution in [2.45, 2.75) is 212 Å². The maximum Gasteiger partial charge on any atom is 0.408 e. The number of aliphatic carboxylic acids is 1. The first kappa shape index (κ1) is 78.8. The molecule has 9 N–H and O–H groups in total. The molecule has 1 heterocycles. The number of para-hydroxylation sites is 1. The highest BCUT2D eigenvalue weighted by molar-refractivity contribution is 6.05. The summed E-state index contributed by atoms with van der Waals surface area (Å²) in [7, 11) is 0. The number of ketones is 5. The van der Waals surface area contributed by atoms with Crippen molar-refractivity contribution in [3.05, 3.63) is 159 Å². The topological polar surface area (TPSA) is 330 Å². The molecule has 6 amide bonds. The van der Waals surface area contributed by atoms with E-state index in [2.05, 4.69) is 72.9 Å². The number of nitrogens with one attached hydrogen (secondary N) is 4. The van der Waals surface area contributed by atoms with Gasteiger partial charge in [0, 0.05) is 90.9 Å². The fraction of sp³-hybridized carbons (Fsp3) is 0.494. The van der Waals surface area contributed by atoms with Crippen LogP contribution in [-0.2, 0) is 95.9 Å². The number of alkyl carbamates (subject to hydrolysis) is 1. The highest BCUT2D eigenvalue weighted by atomic mass is 16.5. The van der Waals surface area contributed by atoms with Crippen molar-refractivity contribution in [3.63, 3.8) is 0 Å². The number of carboxylic acid groups (broad SMARTS) is 1. The molecule has 5 aromatic rings. The number of aryl methyl sites for hydroxylation is 2. The van der Waals surface area contributed by atoms with Crippen molar-refractivity contribution in [1.29, 1.82) is 0 Å². The third-order valence-corrected chi connectivity index (χ3v) is 23.6. The zero-order valence-electron chi connectivity index (χ0n) is 62.1. The van der Waals surface area contributed by atoms with Crippen molar-refractivity contribution < 1.29 is 67.3 Å². The maximum atomic E-state index is 15.0. The van der Waals surface area contributed by atoms with E-state index in [1.54, 1.807) is 43.0 Å². The number of benzene rings is 5. The van der Waals surface area contributed by atoms with E-state index in [9.17, 15) is 57.8 Å². The number of rotatable bonds is 33. The zero-order chi connectivity index (χ0) is 76.1. The second-order valence-corrected chi connectivity index (χ2v) is 31.2. The number of ether oxygens (including phenoxy) is 2. The van der Waals surface area contributed by atoms with Crippen molar-refractivity contribution >= 4 is 81.8 Å². The number of carbonyl (C=O) groups excluding carboxylic acids is 10. The molecule has 0 aromatic heterocycles. The Kier molecular flexibility index (Phi) is 25.7. The van der Waals surface area contributed by atoms with Crippen LogP contribution in [0.2, 0.25) is 0 Å². The third kappa shape index (κ3) is 18.7. The van der Waals surface area contributed by atoms with Gasteiger partial charge >= 0.3 is 18.1 Å². The first-order valence-electron chi connectivity index (χ1n) is 37.7. The molecule has 1 aliphatic heterocycles. The van der Waals surface area contributed by atoms with Crippen LogP contribution in [0.5, 0.6) is 0 Å². The molecule has 562 valence electrons. The van der Waals surface area contributed by atoms with Gasteiger partial charge in [-0.25, -0.2) is 9.59 Å². The van der Waals surface area contributed by atoms with Gasteiger partial charge < -0.3 is 52.2 Å². The Morgan fingerprint density at radius 1 is 0.651 bits per heavy atom. The van der Waals surface area contributed by atoms with Crippen molar-refractivity contribution in [1.82, 2.24) is 16.0 Å². The molecule has 21 nitrogen and oxygen atoms in total. The number of hydrogen-bond acceptors (Lipinski definition) is 14. The Bertz CT molecular complexity index is 4230. The summed E-state index contributed by atoms with van der Waals surface area (Å²) in [5.74, 6) is 1.72. The Balaban J connectivity index is 0.673. The van der Waals surface area contributed by atoms with Crippen LogP contribution in [0.4, 0.5) is 26.7 Å². The second kappa shape index (κ2) is 34.6. The summed E-state index contributed by atoms with van der Waals surface area (Å²) in [6.07, 6.45) is 6.87. The number of fused-ring (bicyclic) bond motifs is 8. The van der Waals surface area contributed by atoms with Gasteiger partial charge in [0.15, 0.2) is 11.6 Å². The van der Waals surface area contributed by atoms with Crippen molar-refractivity contribution in [2.75, 3.05) is 35.7 Å². The molecular weight excluding hydrogens is 1340 g/mol. The molecule has 5 aliphatic rings. The Morgan fingerprint density at radius 2 is 1.27 bits per heavy atom. The van der Waals surface area contributed by atoms with E-state index in [-0.39, 0.29) is 130 Å². The van der Waals surface area contributed by atoms with E-state index in [4.69, 9.17) is 20.9 Å². The molecule has 106 heavy (non-hydrogen) atoms. The van der Waals surface area contributed by atoms with E-state index in [0.29, 0.717) is 54.7 Å². The SMILES string of the molecule is CC(C)[C@H](NC(=O)CCOCCCC(=O)CCC(=O)N1Cc2ccccc2C#Cc2ccccc21)C(=O)C[C@@H](CCCNC(N)=O)C(=O)Nc1ccc(COC(=O)N[C@@H](CC(=O)O)C(=O)Cc2ccc3c(c2)[C@@]2(C)CCC[C@](C)(C(=O)CC(=O)[C@@]4(C)CCC[C@]5(C)c6cc(N)ccc6CC[C@@H]45)[C@@H]2CC3)cc1. The molecule has 9 atom stereocenters. The van der Waals surface area contributed by atoms with Crippen molar-refractivity contribution in [2.24, 2.45) is 40.2 Å². The van der Waals surface area contributed by atoms with Gasteiger partial charge in [-0.3, -0.25) is 43.2 Å². The summed E-state index contributed by atoms with van der Waals surface area (Å²) >= 11 is 0. The van der Waals surface area contributed by atoms with Crippen LogP contribution in [0.1, 0.15) is 207 Å². The van der Waals surface area contributed by atoms with Crippen LogP contribution >= 0.6 is 0 Å². The number of Topliss-reactive ketones (excluding diaryl/α,β-unsaturated/α-hetero) is 5. The summed E-state index contributed by atoms with van der Waals surface area (Å²) in [4.78, 5) is 150. The summed E-state index contributed by atoms with van der Waals surface area (Å²) in [5, 5.41) is 20.6. The lowest BCUT2D eigenvalue weighted by molar-refractivity contribution is -0.146. The van der Waals surface area contributed by atoms with Gasteiger partial charge in [0.1, 0.15) is 30.0 Å².